The Morgan fingerprint density at radius 3 is 2.58 bits per heavy atom. The first-order chi connectivity index (χ1) is 12.7. The molecule has 0 atom stereocenters. The van der Waals surface area contributed by atoms with E-state index in [1.165, 1.54) is 11.9 Å². The minimum Gasteiger partial charge on any atom is -0.490 e. The van der Waals surface area contributed by atoms with Crippen molar-refractivity contribution in [2.24, 2.45) is 0 Å². The van der Waals surface area contributed by atoms with Crippen molar-refractivity contribution in [3.8, 4) is 11.5 Å². The Bertz CT molecular complexity index is 836. The molecule has 2 aromatic carbocycles. The molecule has 0 radical (unpaired) electrons. The molecule has 0 aliphatic carbocycles. The molecule has 3 rings (SSSR count). The van der Waals surface area contributed by atoms with Gasteiger partial charge in [0.05, 0.1) is 6.61 Å². The molecule has 0 spiro atoms. The molecular weight excluding hydrogens is 352 g/mol. The quantitative estimate of drug-likeness (QED) is 0.614. The number of hydrogen-bond acceptors (Lipinski definition) is 5. The highest BCUT2D eigenvalue weighted by Crippen LogP contribution is 2.34. The number of aromatic nitrogens is 3. The fourth-order valence-electron chi connectivity index (χ4n) is 2.41. The Balaban J connectivity index is 1.73. The molecule has 0 saturated heterocycles. The van der Waals surface area contributed by atoms with E-state index in [0.29, 0.717) is 42.2 Å². The van der Waals surface area contributed by atoms with E-state index in [2.05, 4.69) is 39.6 Å². The van der Waals surface area contributed by atoms with E-state index in [1.54, 1.807) is 6.07 Å². The topological polar surface area (TPSA) is 72.1 Å². The van der Waals surface area contributed by atoms with Crippen LogP contribution in [0.3, 0.4) is 0 Å². The molecule has 2 N–H and O–H groups in total. The second kappa shape index (κ2) is 8.58. The third-order valence-corrected chi connectivity index (χ3v) is 4.14. The van der Waals surface area contributed by atoms with Gasteiger partial charge in [-0.2, -0.15) is 5.10 Å². The van der Waals surface area contributed by atoms with Crippen LogP contribution in [0.2, 0.25) is 5.02 Å². The number of aryl methyl sites for hydroxylation is 1. The van der Waals surface area contributed by atoms with E-state index < -0.39 is 0 Å². The maximum Gasteiger partial charge on any atom is 0.218 e. The number of rotatable bonds is 8. The van der Waals surface area contributed by atoms with Crippen LogP contribution in [-0.4, -0.2) is 21.8 Å². The SMILES string of the molecule is CCOc1cc(CNc2ncn[nH]2)c(Cl)cc1OCc1ccc(C)cc1. The van der Waals surface area contributed by atoms with Crippen molar-refractivity contribution < 1.29 is 9.47 Å². The zero-order chi connectivity index (χ0) is 18.4. The average Bonchev–Trinajstić information content (AvgIpc) is 3.15. The van der Waals surface area contributed by atoms with Gasteiger partial charge in [-0.1, -0.05) is 41.4 Å². The lowest BCUT2D eigenvalue weighted by Gasteiger charge is -2.15. The van der Waals surface area contributed by atoms with Gasteiger partial charge in [0.15, 0.2) is 11.5 Å². The molecule has 7 heteroatoms. The summed E-state index contributed by atoms with van der Waals surface area (Å²) in [4.78, 5) is 4.03. The minimum atomic E-state index is 0.451. The summed E-state index contributed by atoms with van der Waals surface area (Å²) in [5, 5.41) is 10.3. The number of benzene rings is 2. The summed E-state index contributed by atoms with van der Waals surface area (Å²) in [6.45, 7) is 5.48. The maximum atomic E-state index is 6.42. The summed E-state index contributed by atoms with van der Waals surface area (Å²) in [5.74, 6) is 1.87. The molecule has 1 aromatic heterocycles. The summed E-state index contributed by atoms with van der Waals surface area (Å²) in [6.07, 6.45) is 1.44. The highest BCUT2D eigenvalue weighted by atomic mass is 35.5. The predicted octanol–water partition coefficient (Wildman–Crippen LogP) is 4.36. The summed E-state index contributed by atoms with van der Waals surface area (Å²) in [5.41, 5.74) is 3.19. The van der Waals surface area contributed by atoms with Crippen molar-refractivity contribution in [1.29, 1.82) is 0 Å². The van der Waals surface area contributed by atoms with Gasteiger partial charge in [0.1, 0.15) is 12.9 Å². The van der Waals surface area contributed by atoms with Crippen LogP contribution in [0.25, 0.3) is 0 Å². The van der Waals surface area contributed by atoms with Crippen LogP contribution in [0.15, 0.2) is 42.7 Å². The number of ether oxygens (including phenoxy) is 2. The van der Waals surface area contributed by atoms with Crippen LogP contribution < -0.4 is 14.8 Å². The minimum absolute atomic E-state index is 0.451. The third-order valence-electron chi connectivity index (χ3n) is 3.79. The van der Waals surface area contributed by atoms with Crippen molar-refractivity contribution in [1.82, 2.24) is 15.2 Å². The summed E-state index contributed by atoms with van der Waals surface area (Å²) < 4.78 is 11.7. The lowest BCUT2D eigenvalue weighted by atomic mass is 10.1. The first-order valence-electron chi connectivity index (χ1n) is 8.38. The van der Waals surface area contributed by atoms with Gasteiger partial charge in [0, 0.05) is 17.6 Å². The molecule has 0 fully saturated rings. The monoisotopic (exact) mass is 372 g/mol. The van der Waals surface area contributed by atoms with Gasteiger partial charge in [-0.25, -0.2) is 10.1 Å². The first-order valence-corrected chi connectivity index (χ1v) is 8.76. The largest absolute Gasteiger partial charge is 0.490 e. The Labute approximate surface area is 157 Å². The van der Waals surface area contributed by atoms with Gasteiger partial charge < -0.3 is 14.8 Å². The van der Waals surface area contributed by atoms with E-state index in [1.807, 2.05) is 25.1 Å². The number of H-pyrrole nitrogens is 1. The van der Waals surface area contributed by atoms with E-state index in [-0.39, 0.29) is 0 Å². The number of hydrogen-bond donors (Lipinski definition) is 2. The van der Waals surface area contributed by atoms with E-state index in [0.717, 1.165) is 11.1 Å². The molecule has 6 nitrogen and oxygen atoms in total. The summed E-state index contributed by atoms with van der Waals surface area (Å²) in [7, 11) is 0. The summed E-state index contributed by atoms with van der Waals surface area (Å²) >= 11 is 6.42. The van der Waals surface area contributed by atoms with Crippen LogP contribution in [0.1, 0.15) is 23.6 Å². The highest BCUT2D eigenvalue weighted by Gasteiger charge is 2.12. The van der Waals surface area contributed by atoms with Gasteiger partial charge >= 0.3 is 0 Å². The molecule has 1 heterocycles. The van der Waals surface area contributed by atoms with E-state index >= 15 is 0 Å². The first kappa shape index (κ1) is 18.1. The van der Waals surface area contributed by atoms with Crippen LogP contribution in [0.4, 0.5) is 5.95 Å². The Hall–Kier alpha value is -2.73. The average molecular weight is 373 g/mol. The summed E-state index contributed by atoms with van der Waals surface area (Å²) in [6, 6.07) is 11.9. The fourth-order valence-corrected chi connectivity index (χ4v) is 2.63. The van der Waals surface area contributed by atoms with Crippen LogP contribution in [-0.2, 0) is 13.2 Å². The molecule has 0 saturated carbocycles. The second-order valence-corrected chi connectivity index (χ2v) is 6.19. The van der Waals surface area contributed by atoms with Gasteiger partial charge in [-0.05, 0) is 31.0 Å². The number of aromatic amines is 1. The molecule has 0 aliphatic heterocycles. The van der Waals surface area contributed by atoms with E-state index in [4.69, 9.17) is 21.1 Å². The highest BCUT2D eigenvalue weighted by molar-refractivity contribution is 6.31. The Morgan fingerprint density at radius 2 is 1.88 bits per heavy atom. The molecule has 3 aromatic rings. The van der Waals surface area contributed by atoms with E-state index in [9.17, 15) is 0 Å². The molecule has 0 amide bonds. The lowest BCUT2D eigenvalue weighted by molar-refractivity contribution is 0.269. The van der Waals surface area contributed by atoms with Crippen LogP contribution >= 0.6 is 11.6 Å². The molecule has 0 aliphatic rings. The molecule has 26 heavy (non-hydrogen) atoms. The molecule has 0 bridgehead atoms. The molecule has 0 unspecified atom stereocenters. The van der Waals surface area contributed by atoms with Crippen molar-refractivity contribution in [3.63, 3.8) is 0 Å². The zero-order valence-electron chi connectivity index (χ0n) is 14.8. The number of halogens is 1. The third kappa shape index (κ3) is 4.67. The van der Waals surface area contributed by atoms with Crippen LogP contribution in [0, 0.1) is 6.92 Å². The van der Waals surface area contributed by atoms with Gasteiger partial charge in [0.2, 0.25) is 5.95 Å². The number of nitrogens with zero attached hydrogens (tertiary/aromatic N) is 2. The van der Waals surface area contributed by atoms with Crippen molar-refractivity contribution >= 4 is 17.5 Å². The standard InChI is InChI=1S/C19H21ClN4O2/c1-3-25-17-8-15(10-21-19-22-12-23-24-19)16(20)9-18(17)26-11-14-6-4-13(2)5-7-14/h4-9,12H,3,10-11H2,1-2H3,(H2,21,22,23,24). The molecule has 136 valence electrons. The van der Waals surface area contributed by atoms with Gasteiger partial charge in [-0.3, -0.25) is 0 Å². The molecular formula is C19H21ClN4O2. The van der Waals surface area contributed by atoms with Crippen molar-refractivity contribution in [2.45, 2.75) is 27.0 Å². The predicted molar refractivity (Wildman–Crippen MR) is 102 cm³/mol. The zero-order valence-corrected chi connectivity index (χ0v) is 15.5. The van der Waals surface area contributed by atoms with Gasteiger partial charge in [-0.15, -0.1) is 0 Å². The van der Waals surface area contributed by atoms with Gasteiger partial charge in [0.25, 0.3) is 0 Å². The Kier molecular flexibility index (Phi) is 5.96. The smallest absolute Gasteiger partial charge is 0.218 e. The van der Waals surface area contributed by atoms with Crippen molar-refractivity contribution in [2.75, 3.05) is 11.9 Å². The fraction of sp³-hybridized carbons (Fsp3) is 0.263. The maximum absolute atomic E-state index is 6.42. The number of nitrogens with one attached hydrogen (secondary N) is 2. The van der Waals surface area contributed by atoms with Crippen molar-refractivity contribution in [3.05, 3.63) is 64.4 Å². The second-order valence-electron chi connectivity index (χ2n) is 5.79. The normalized spacial score (nSPS) is 10.6. The lowest BCUT2D eigenvalue weighted by Crippen LogP contribution is -2.04. The van der Waals surface area contributed by atoms with Crippen LogP contribution in [0.5, 0.6) is 11.5 Å². The Morgan fingerprint density at radius 1 is 1.12 bits per heavy atom. The number of anilines is 1.